The molecule has 0 fully saturated rings. The molecule has 0 aromatic heterocycles. The molecule has 0 spiro atoms. The minimum atomic E-state index is 0.513. The number of aryl methyl sites for hydroxylation is 4. The average molecular weight is 787 g/mol. The van der Waals surface area contributed by atoms with Crippen LogP contribution in [0.3, 0.4) is 0 Å². The first kappa shape index (κ1) is 39.9. The highest BCUT2D eigenvalue weighted by atomic mass is 15.1. The van der Waals surface area contributed by atoms with E-state index in [1.54, 1.807) is 0 Å². The predicted molar refractivity (Wildman–Crippen MR) is 259 cm³/mol. The van der Waals surface area contributed by atoms with E-state index in [1.807, 2.05) is 36.4 Å². The third-order valence-corrected chi connectivity index (χ3v) is 11.1. The molecule has 0 unspecified atom stereocenters. The monoisotopic (exact) mass is 786 g/mol. The van der Waals surface area contributed by atoms with Gasteiger partial charge < -0.3 is 9.80 Å². The smallest absolute Gasteiger partial charge is 0.195 e. The Morgan fingerprint density at radius 2 is 0.803 bits per heavy atom. The molecule has 294 valence electrons. The molecule has 0 amide bonds. The minimum Gasteiger partial charge on any atom is -0.311 e. The zero-order valence-electron chi connectivity index (χ0n) is 35.0. The maximum Gasteiger partial charge on any atom is 0.195 e. The molecule has 8 aromatic carbocycles. The van der Waals surface area contributed by atoms with Crippen LogP contribution in [0.1, 0.15) is 57.0 Å². The summed E-state index contributed by atoms with van der Waals surface area (Å²) in [6.45, 7) is 16.6. The van der Waals surface area contributed by atoms with Crippen molar-refractivity contribution < 1.29 is 0 Å². The van der Waals surface area contributed by atoms with E-state index in [9.17, 15) is 5.26 Å². The van der Waals surface area contributed by atoms with Crippen LogP contribution < -0.4 is 9.80 Å². The summed E-state index contributed by atoms with van der Waals surface area (Å²) < 4.78 is 0. The van der Waals surface area contributed by atoms with Crippen LogP contribution >= 0.6 is 0 Å². The van der Waals surface area contributed by atoms with Crippen LogP contribution in [0.2, 0.25) is 0 Å². The van der Waals surface area contributed by atoms with E-state index in [2.05, 4.69) is 206 Å². The number of benzene rings is 8. The maximum absolute atomic E-state index is 10.3. The predicted octanol–water partition coefficient (Wildman–Crippen LogP) is 16.0. The van der Waals surface area contributed by atoms with Crippen molar-refractivity contribution in [3.05, 3.63) is 231 Å². The van der Waals surface area contributed by atoms with E-state index < -0.39 is 0 Å². The van der Waals surface area contributed by atoms with E-state index >= 15 is 0 Å². The summed E-state index contributed by atoms with van der Waals surface area (Å²) in [7, 11) is 0. The fourth-order valence-corrected chi connectivity index (χ4v) is 7.57. The fourth-order valence-electron chi connectivity index (χ4n) is 7.57. The van der Waals surface area contributed by atoms with Crippen LogP contribution in [0.4, 0.5) is 39.8 Å². The van der Waals surface area contributed by atoms with E-state index in [1.165, 1.54) is 22.3 Å². The van der Waals surface area contributed by atoms with Gasteiger partial charge in [-0.2, -0.15) is 5.26 Å². The zero-order valence-corrected chi connectivity index (χ0v) is 35.0. The number of nitriles is 1. The Kier molecular flexibility index (Phi) is 11.7. The number of fused-ring (bicyclic) bond motifs is 1. The van der Waals surface area contributed by atoms with Crippen LogP contribution in [0, 0.1) is 38.7 Å². The SMILES string of the molecule is [C-]#[N+]c1cc(/C=C\c2ccc(N(c3ccc(C)cc3)c3ccc(CC)cc3)cc2)cc2c(C#N)cc(/C=C\c3ccc(N(c4ccc(C)cc4)c4ccc(C)cc4)cc3)cc12. The molecule has 0 atom stereocenters. The lowest BCUT2D eigenvalue weighted by atomic mass is 9.97. The molecule has 8 rings (SSSR count). The molecule has 0 saturated carbocycles. The van der Waals surface area contributed by atoms with Gasteiger partial charge in [0.05, 0.1) is 18.2 Å². The number of hydrogen-bond acceptors (Lipinski definition) is 3. The Morgan fingerprint density at radius 1 is 0.459 bits per heavy atom. The quantitative estimate of drug-likeness (QED) is 0.0967. The number of anilines is 6. The standard InChI is InChI=1S/C57H46N4/c1-6-43-17-29-52(30-18-43)61(51-27-11-42(4)12-28-51)54-33-21-45(22-34-54)14-16-47-36-55-48(39-58)35-46(37-56(55)57(38-47)59-5)15-13-44-19-31-53(32-20-44)60(49-23-7-40(2)8-24-49)50-25-9-41(3)10-26-50/h7-38H,6H2,1-4H3/b15-13-,16-14-. The second-order valence-electron chi connectivity index (χ2n) is 15.5. The third-order valence-electron chi connectivity index (χ3n) is 11.1. The highest BCUT2D eigenvalue weighted by Crippen LogP contribution is 2.38. The Balaban J connectivity index is 1.03. The third kappa shape index (κ3) is 9.06. The molecule has 4 nitrogen and oxygen atoms in total. The van der Waals surface area contributed by atoms with Crippen LogP contribution in [-0.4, -0.2) is 0 Å². The topological polar surface area (TPSA) is 34.6 Å². The number of hydrogen-bond donors (Lipinski definition) is 0. The molecule has 0 aliphatic rings. The van der Waals surface area contributed by atoms with Crippen molar-refractivity contribution in [2.75, 3.05) is 9.80 Å². The van der Waals surface area contributed by atoms with Gasteiger partial charge in [-0.25, -0.2) is 4.85 Å². The van der Waals surface area contributed by atoms with E-state index in [-0.39, 0.29) is 0 Å². The van der Waals surface area contributed by atoms with Gasteiger partial charge in [-0.1, -0.05) is 127 Å². The van der Waals surface area contributed by atoms with Gasteiger partial charge in [0.15, 0.2) is 5.69 Å². The molecule has 4 heteroatoms. The minimum absolute atomic E-state index is 0.513. The maximum atomic E-state index is 10.3. The van der Waals surface area contributed by atoms with Crippen molar-refractivity contribution in [2.24, 2.45) is 0 Å². The molecule has 0 saturated heterocycles. The first-order valence-electron chi connectivity index (χ1n) is 20.6. The summed E-state index contributed by atoms with van der Waals surface area (Å²) in [5, 5.41) is 11.8. The second-order valence-corrected chi connectivity index (χ2v) is 15.5. The first-order valence-corrected chi connectivity index (χ1v) is 20.6. The first-order chi connectivity index (χ1) is 29.8. The lowest BCUT2D eigenvalue weighted by molar-refractivity contribution is 1.14. The van der Waals surface area contributed by atoms with E-state index in [0.717, 1.165) is 73.6 Å². The lowest BCUT2D eigenvalue weighted by Crippen LogP contribution is -2.09. The molecule has 0 radical (unpaired) electrons. The molecule has 0 bridgehead atoms. The molecule has 0 aliphatic carbocycles. The van der Waals surface area contributed by atoms with Gasteiger partial charge in [0, 0.05) is 34.1 Å². The van der Waals surface area contributed by atoms with Crippen molar-refractivity contribution in [2.45, 2.75) is 34.1 Å². The van der Waals surface area contributed by atoms with Gasteiger partial charge in [0.25, 0.3) is 0 Å². The van der Waals surface area contributed by atoms with Gasteiger partial charge in [0.2, 0.25) is 0 Å². The van der Waals surface area contributed by atoms with Gasteiger partial charge in [-0.05, 0) is 157 Å². The number of nitrogens with zero attached hydrogens (tertiary/aromatic N) is 4. The Hall–Kier alpha value is -7.92. The normalized spacial score (nSPS) is 11.2. The summed E-state index contributed by atoms with van der Waals surface area (Å²) >= 11 is 0. The Labute approximate surface area is 360 Å². The van der Waals surface area contributed by atoms with Gasteiger partial charge in [0.1, 0.15) is 0 Å². The van der Waals surface area contributed by atoms with Crippen LogP contribution in [0.15, 0.2) is 170 Å². The van der Waals surface area contributed by atoms with Crippen molar-refractivity contribution in [1.29, 1.82) is 5.26 Å². The fraction of sp³-hybridized carbons (Fsp3) is 0.0877. The van der Waals surface area contributed by atoms with Gasteiger partial charge in [-0.3, -0.25) is 0 Å². The van der Waals surface area contributed by atoms with Crippen molar-refractivity contribution in [3.8, 4) is 6.07 Å². The highest BCUT2D eigenvalue weighted by molar-refractivity contribution is 6.01. The van der Waals surface area contributed by atoms with Crippen molar-refractivity contribution in [1.82, 2.24) is 0 Å². The lowest BCUT2D eigenvalue weighted by Gasteiger charge is -2.26. The molecular formula is C57H46N4. The van der Waals surface area contributed by atoms with Crippen LogP contribution in [-0.2, 0) is 6.42 Å². The van der Waals surface area contributed by atoms with Crippen molar-refractivity contribution in [3.63, 3.8) is 0 Å². The summed E-state index contributed by atoms with van der Waals surface area (Å²) in [5.74, 6) is 0. The van der Waals surface area contributed by atoms with E-state index in [0.29, 0.717) is 11.3 Å². The van der Waals surface area contributed by atoms with Crippen LogP contribution in [0.5, 0.6) is 0 Å². The Morgan fingerprint density at radius 3 is 1.18 bits per heavy atom. The Bertz CT molecular complexity index is 2900. The zero-order chi connectivity index (χ0) is 42.3. The molecule has 0 aliphatic heterocycles. The molecule has 61 heavy (non-hydrogen) atoms. The van der Waals surface area contributed by atoms with Crippen LogP contribution in [0.25, 0.3) is 39.9 Å². The largest absolute Gasteiger partial charge is 0.311 e. The molecule has 0 heterocycles. The number of rotatable bonds is 11. The average Bonchev–Trinajstić information content (AvgIpc) is 3.30. The molecule has 0 N–H and O–H groups in total. The highest BCUT2D eigenvalue weighted by Gasteiger charge is 2.14. The summed E-state index contributed by atoms with van der Waals surface area (Å²) in [4.78, 5) is 8.44. The van der Waals surface area contributed by atoms with Crippen molar-refractivity contribution >= 4 is 74.9 Å². The van der Waals surface area contributed by atoms with Gasteiger partial charge in [-0.15, -0.1) is 0 Å². The summed E-state index contributed by atoms with van der Waals surface area (Å²) in [5.41, 5.74) is 16.3. The van der Waals surface area contributed by atoms with Gasteiger partial charge >= 0.3 is 0 Å². The molecule has 8 aromatic rings. The van der Waals surface area contributed by atoms with E-state index in [4.69, 9.17) is 6.57 Å². The second kappa shape index (κ2) is 17.9. The summed E-state index contributed by atoms with van der Waals surface area (Å²) in [6, 6.07) is 61.7. The molecular weight excluding hydrogens is 741 g/mol. The summed E-state index contributed by atoms with van der Waals surface area (Å²) in [6.07, 6.45) is 9.13.